The molecule has 0 unspecified atom stereocenters. The van der Waals surface area contributed by atoms with Gasteiger partial charge in [-0.1, -0.05) is 0 Å². The molecule has 0 aromatic carbocycles. The zero-order valence-corrected chi connectivity index (χ0v) is 11.1. The van der Waals surface area contributed by atoms with Gasteiger partial charge in [-0.2, -0.15) is 11.8 Å². The molecule has 0 aliphatic rings. The zero-order chi connectivity index (χ0) is 12.1. The lowest BCUT2D eigenvalue weighted by Gasteiger charge is -2.20. The summed E-state index contributed by atoms with van der Waals surface area (Å²) in [6, 6.07) is 0. The van der Waals surface area contributed by atoms with E-state index in [2.05, 4.69) is 0 Å². The van der Waals surface area contributed by atoms with Crippen LogP contribution in [0.15, 0.2) is 0 Å². The van der Waals surface area contributed by atoms with Gasteiger partial charge in [0.1, 0.15) is 5.60 Å². The van der Waals surface area contributed by atoms with E-state index in [1.54, 1.807) is 13.8 Å². The molecule has 0 amide bonds. The number of rotatable bonds is 5. The minimum Gasteiger partial charge on any atom is -0.459 e. The topological polar surface area (TPSA) is 46.5 Å². The fourth-order valence-corrected chi connectivity index (χ4v) is 1.86. The van der Waals surface area contributed by atoms with Crippen LogP contribution < -0.4 is 0 Å². The molecule has 0 fully saturated rings. The number of aliphatic hydroxyl groups is 1. The summed E-state index contributed by atoms with van der Waals surface area (Å²) in [5, 5.41) is 9.44. The summed E-state index contributed by atoms with van der Waals surface area (Å²) in [4.78, 5) is 11.3. The van der Waals surface area contributed by atoms with E-state index < -0.39 is 11.2 Å². The Kier molecular flexibility index (Phi) is 5.67. The number of carbonyl (C=O) groups excluding carboxylic acids is 1. The number of esters is 1. The first kappa shape index (κ1) is 14.8. The maximum absolute atomic E-state index is 11.3. The van der Waals surface area contributed by atoms with Gasteiger partial charge in [0.2, 0.25) is 0 Å². The highest BCUT2D eigenvalue weighted by Gasteiger charge is 2.17. The molecule has 0 rings (SSSR count). The zero-order valence-electron chi connectivity index (χ0n) is 10.3. The number of hydrogen-bond donors (Lipinski definition) is 1. The minimum atomic E-state index is -0.652. The van der Waals surface area contributed by atoms with Crippen LogP contribution in [0.25, 0.3) is 0 Å². The molecule has 90 valence electrons. The fraction of sp³-hybridized carbons (Fsp3) is 0.909. The van der Waals surface area contributed by atoms with Gasteiger partial charge < -0.3 is 9.84 Å². The Bertz CT molecular complexity index is 201. The first-order valence-electron chi connectivity index (χ1n) is 5.12. The van der Waals surface area contributed by atoms with Gasteiger partial charge in [0.05, 0.1) is 11.4 Å². The van der Waals surface area contributed by atoms with Crippen molar-refractivity contribution in [3.8, 4) is 0 Å². The molecular formula is C11H22O3S. The van der Waals surface area contributed by atoms with Crippen molar-refractivity contribution in [2.45, 2.75) is 52.2 Å². The SMILES string of the molecule is CC(C)(O)CCSCC(=O)OC(C)(C)C. The average molecular weight is 234 g/mol. The molecule has 0 aliphatic heterocycles. The fourth-order valence-electron chi connectivity index (χ4n) is 0.848. The first-order chi connectivity index (χ1) is 6.60. The molecule has 0 atom stereocenters. The van der Waals surface area contributed by atoms with Crippen LogP contribution in [0.4, 0.5) is 0 Å². The molecule has 0 heterocycles. The highest BCUT2D eigenvalue weighted by Crippen LogP contribution is 2.14. The van der Waals surface area contributed by atoms with Crippen LogP contribution in [0.3, 0.4) is 0 Å². The van der Waals surface area contributed by atoms with Gasteiger partial charge in [0.25, 0.3) is 0 Å². The summed E-state index contributed by atoms with van der Waals surface area (Å²) in [5.74, 6) is 0.930. The molecule has 0 saturated carbocycles. The summed E-state index contributed by atoms with van der Waals surface area (Å²) in [5.41, 5.74) is -1.06. The van der Waals surface area contributed by atoms with Gasteiger partial charge in [-0.3, -0.25) is 4.79 Å². The van der Waals surface area contributed by atoms with E-state index in [1.165, 1.54) is 11.8 Å². The van der Waals surface area contributed by atoms with E-state index >= 15 is 0 Å². The van der Waals surface area contributed by atoms with E-state index in [0.717, 1.165) is 5.75 Å². The Morgan fingerprint density at radius 3 is 2.20 bits per heavy atom. The quantitative estimate of drug-likeness (QED) is 0.585. The Balaban J connectivity index is 3.57. The van der Waals surface area contributed by atoms with Crippen molar-refractivity contribution in [2.75, 3.05) is 11.5 Å². The predicted molar refractivity (Wildman–Crippen MR) is 64.1 cm³/mol. The van der Waals surface area contributed by atoms with Crippen molar-refractivity contribution >= 4 is 17.7 Å². The molecule has 15 heavy (non-hydrogen) atoms. The smallest absolute Gasteiger partial charge is 0.316 e. The summed E-state index contributed by atoms with van der Waals surface area (Å²) in [6.07, 6.45) is 0.681. The Morgan fingerprint density at radius 1 is 1.27 bits per heavy atom. The lowest BCUT2D eigenvalue weighted by atomic mass is 10.1. The standard InChI is InChI=1S/C11H22O3S/c1-10(2,3)14-9(12)8-15-7-6-11(4,5)13/h13H,6-8H2,1-5H3. The second-order valence-corrected chi connectivity index (χ2v) is 6.31. The maximum atomic E-state index is 11.3. The Labute approximate surface area is 96.6 Å². The lowest BCUT2D eigenvalue weighted by molar-refractivity contribution is -0.151. The van der Waals surface area contributed by atoms with Crippen LogP contribution in [-0.4, -0.2) is 33.8 Å². The van der Waals surface area contributed by atoms with Gasteiger partial charge in [0, 0.05) is 0 Å². The molecule has 0 aliphatic carbocycles. The second-order valence-electron chi connectivity index (χ2n) is 5.20. The molecular weight excluding hydrogens is 212 g/mol. The van der Waals surface area contributed by atoms with Gasteiger partial charge >= 0.3 is 5.97 Å². The number of carbonyl (C=O) groups is 1. The summed E-state index contributed by atoms with van der Waals surface area (Å²) in [6.45, 7) is 9.09. The molecule has 3 nitrogen and oxygen atoms in total. The molecule has 0 radical (unpaired) electrons. The number of ether oxygens (including phenoxy) is 1. The highest BCUT2D eigenvalue weighted by molar-refractivity contribution is 7.99. The van der Waals surface area contributed by atoms with E-state index in [4.69, 9.17) is 4.74 Å². The third kappa shape index (κ3) is 11.7. The van der Waals surface area contributed by atoms with Crippen molar-refractivity contribution in [3.63, 3.8) is 0 Å². The minimum absolute atomic E-state index is 0.191. The van der Waals surface area contributed by atoms with Gasteiger partial charge in [-0.05, 0) is 46.8 Å². The van der Waals surface area contributed by atoms with Gasteiger partial charge in [0.15, 0.2) is 0 Å². The van der Waals surface area contributed by atoms with Crippen molar-refractivity contribution in [2.24, 2.45) is 0 Å². The third-order valence-corrected chi connectivity index (χ3v) is 2.43. The van der Waals surface area contributed by atoms with Crippen molar-refractivity contribution < 1.29 is 14.6 Å². The van der Waals surface area contributed by atoms with Gasteiger partial charge in [-0.25, -0.2) is 0 Å². The molecule has 0 saturated heterocycles. The first-order valence-corrected chi connectivity index (χ1v) is 6.28. The van der Waals surface area contributed by atoms with Crippen LogP contribution >= 0.6 is 11.8 Å². The van der Waals surface area contributed by atoms with Crippen molar-refractivity contribution in [1.82, 2.24) is 0 Å². The van der Waals surface area contributed by atoms with E-state index in [9.17, 15) is 9.90 Å². The van der Waals surface area contributed by atoms with Crippen LogP contribution in [-0.2, 0) is 9.53 Å². The third-order valence-electron chi connectivity index (χ3n) is 1.50. The largest absolute Gasteiger partial charge is 0.459 e. The van der Waals surface area contributed by atoms with Crippen LogP contribution in [0, 0.1) is 0 Å². The average Bonchev–Trinajstić information content (AvgIpc) is 1.92. The summed E-state index contributed by atoms with van der Waals surface area (Å²) >= 11 is 1.49. The molecule has 4 heteroatoms. The lowest BCUT2D eigenvalue weighted by Crippen LogP contribution is -2.25. The van der Waals surface area contributed by atoms with Crippen molar-refractivity contribution in [1.29, 1.82) is 0 Å². The highest BCUT2D eigenvalue weighted by atomic mass is 32.2. The second kappa shape index (κ2) is 5.75. The molecule has 0 aromatic rings. The summed E-state index contributed by atoms with van der Waals surface area (Å²) < 4.78 is 5.15. The molecule has 0 bridgehead atoms. The number of hydrogen-bond acceptors (Lipinski definition) is 4. The van der Waals surface area contributed by atoms with Crippen LogP contribution in [0.2, 0.25) is 0 Å². The monoisotopic (exact) mass is 234 g/mol. The van der Waals surface area contributed by atoms with Crippen LogP contribution in [0.5, 0.6) is 0 Å². The van der Waals surface area contributed by atoms with Crippen LogP contribution in [0.1, 0.15) is 41.0 Å². The normalized spacial score (nSPS) is 12.7. The molecule has 0 spiro atoms. The summed E-state index contributed by atoms with van der Waals surface area (Å²) in [7, 11) is 0. The predicted octanol–water partition coefficient (Wildman–Crippen LogP) is 2.22. The van der Waals surface area contributed by atoms with E-state index in [1.807, 2.05) is 20.8 Å². The Morgan fingerprint density at radius 2 is 1.80 bits per heavy atom. The van der Waals surface area contributed by atoms with Gasteiger partial charge in [-0.15, -0.1) is 0 Å². The van der Waals surface area contributed by atoms with E-state index in [-0.39, 0.29) is 5.97 Å². The Hall–Kier alpha value is -0.220. The van der Waals surface area contributed by atoms with E-state index in [0.29, 0.717) is 12.2 Å². The number of thioether (sulfide) groups is 1. The van der Waals surface area contributed by atoms with Crippen molar-refractivity contribution in [3.05, 3.63) is 0 Å². The maximum Gasteiger partial charge on any atom is 0.316 e. The molecule has 0 aromatic heterocycles. The molecule has 1 N–H and O–H groups in total.